The first kappa shape index (κ1) is 27.4. The fraction of sp³-hybridized carbons (Fsp3) is 0.367. The maximum atomic E-state index is 13.3. The molecular weight excluding hydrogens is 485 g/mol. The molecule has 0 saturated carbocycles. The van der Waals surface area contributed by atoms with Gasteiger partial charge in [-0.3, -0.25) is 14.7 Å². The Balaban J connectivity index is 1.41. The number of halogens is 1. The Kier molecular flexibility index (Phi) is 8.54. The highest BCUT2D eigenvalue weighted by Gasteiger charge is 2.33. The number of rotatable bonds is 9. The Morgan fingerprint density at radius 1 is 1.11 bits per heavy atom. The molecule has 0 unspecified atom stereocenters. The Hall–Kier alpha value is -3.62. The number of carboxylic acids is 1. The van der Waals surface area contributed by atoms with Crippen LogP contribution in [-0.2, 0) is 22.7 Å². The summed E-state index contributed by atoms with van der Waals surface area (Å²) in [5, 5.41) is 9.17. The predicted octanol–water partition coefficient (Wildman–Crippen LogP) is 5.39. The van der Waals surface area contributed by atoms with E-state index in [0.29, 0.717) is 24.5 Å². The van der Waals surface area contributed by atoms with E-state index in [4.69, 9.17) is 9.84 Å². The number of piperidine rings is 1. The van der Waals surface area contributed by atoms with E-state index in [-0.39, 0.29) is 22.7 Å². The summed E-state index contributed by atoms with van der Waals surface area (Å²) >= 11 is 0. The third-order valence-corrected chi connectivity index (χ3v) is 7.29. The number of aromatic nitrogens is 1. The third kappa shape index (κ3) is 6.62. The van der Waals surface area contributed by atoms with E-state index in [1.165, 1.54) is 30.0 Å². The van der Waals surface area contributed by atoms with Crippen LogP contribution >= 0.6 is 0 Å². The zero-order valence-electron chi connectivity index (χ0n) is 22.1. The zero-order valence-corrected chi connectivity index (χ0v) is 22.1. The number of carboxylic acid groups (broad SMARTS) is 1. The van der Waals surface area contributed by atoms with Crippen molar-refractivity contribution >= 4 is 17.6 Å². The van der Waals surface area contributed by atoms with Gasteiger partial charge in [0.05, 0.1) is 24.1 Å². The number of hydrogen-bond donors (Lipinski definition) is 1. The summed E-state index contributed by atoms with van der Waals surface area (Å²) in [6.07, 6.45) is 3.10. The van der Waals surface area contributed by atoms with Crippen LogP contribution in [-0.4, -0.2) is 53.6 Å². The van der Waals surface area contributed by atoms with E-state index in [0.717, 1.165) is 43.6 Å². The number of hydrogen-bond acceptors (Lipinski definition) is 5. The van der Waals surface area contributed by atoms with E-state index in [1.54, 1.807) is 37.1 Å². The Bertz CT molecular complexity index is 1270. The van der Waals surface area contributed by atoms with Gasteiger partial charge in [0, 0.05) is 38.4 Å². The zero-order chi connectivity index (χ0) is 27.3. The molecule has 0 spiro atoms. The van der Waals surface area contributed by atoms with E-state index in [2.05, 4.69) is 28.9 Å². The molecule has 1 aromatic heterocycles. The third-order valence-electron chi connectivity index (χ3n) is 7.29. The molecular formula is C30H34FN3O4. The van der Waals surface area contributed by atoms with Gasteiger partial charge in [-0.2, -0.15) is 0 Å². The fourth-order valence-corrected chi connectivity index (χ4v) is 5.02. The average molecular weight is 520 g/mol. The van der Waals surface area contributed by atoms with E-state index < -0.39 is 5.97 Å². The molecule has 0 radical (unpaired) electrons. The Morgan fingerprint density at radius 2 is 1.82 bits per heavy atom. The number of carbonyl (C=O) groups is 2. The van der Waals surface area contributed by atoms with Crippen LogP contribution < -0.4 is 4.90 Å². The van der Waals surface area contributed by atoms with Crippen molar-refractivity contribution in [2.24, 2.45) is 5.41 Å². The van der Waals surface area contributed by atoms with Crippen LogP contribution in [0.25, 0.3) is 11.3 Å². The summed E-state index contributed by atoms with van der Waals surface area (Å²) in [5.41, 5.74) is 4.70. The SMILES string of the molecule is COCc1cc(CN2CCC(C)(CN(C(C)=O)c3ccc(C(=O)O)cc3)CC2)ccc1-c1ccc(F)cn1. The second-order valence-corrected chi connectivity index (χ2v) is 10.3. The molecule has 0 bridgehead atoms. The van der Waals surface area contributed by atoms with Crippen molar-refractivity contribution in [2.75, 3.05) is 31.6 Å². The highest BCUT2D eigenvalue weighted by atomic mass is 19.1. The van der Waals surface area contributed by atoms with Gasteiger partial charge in [-0.15, -0.1) is 0 Å². The number of benzene rings is 2. The van der Waals surface area contributed by atoms with Gasteiger partial charge in [-0.05, 0) is 78.9 Å². The van der Waals surface area contributed by atoms with Crippen molar-refractivity contribution in [3.8, 4) is 11.3 Å². The summed E-state index contributed by atoms with van der Waals surface area (Å²) in [6.45, 7) is 7.40. The molecule has 38 heavy (non-hydrogen) atoms. The lowest BCUT2D eigenvalue weighted by Crippen LogP contribution is -2.46. The monoisotopic (exact) mass is 519 g/mol. The number of pyridine rings is 1. The molecule has 0 aliphatic carbocycles. The molecule has 7 nitrogen and oxygen atoms in total. The van der Waals surface area contributed by atoms with Crippen molar-refractivity contribution in [1.82, 2.24) is 9.88 Å². The minimum atomic E-state index is -0.985. The van der Waals surface area contributed by atoms with Gasteiger partial charge >= 0.3 is 5.97 Å². The lowest BCUT2D eigenvalue weighted by Gasteiger charge is -2.42. The maximum absolute atomic E-state index is 13.3. The number of likely N-dealkylation sites (tertiary alicyclic amines) is 1. The van der Waals surface area contributed by atoms with E-state index in [1.807, 2.05) is 6.07 Å². The van der Waals surface area contributed by atoms with Gasteiger partial charge in [0.25, 0.3) is 0 Å². The van der Waals surface area contributed by atoms with Crippen LogP contribution in [0.4, 0.5) is 10.1 Å². The topological polar surface area (TPSA) is 83.0 Å². The minimum absolute atomic E-state index is 0.0487. The molecule has 1 amide bonds. The Morgan fingerprint density at radius 3 is 2.39 bits per heavy atom. The van der Waals surface area contributed by atoms with Gasteiger partial charge < -0.3 is 14.7 Å². The largest absolute Gasteiger partial charge is 0.478 e. The summed E-state index contributed by atoms with van der Waals surface area (Å²) in [5.74, 6) is -1.40. The molecule has 3 aromatic rings. The maximum Gasteiger partial charge on any atom is 0.335 e. The van der Waals surface area contributed by atoms with Crippen molar-refractivity contribution < 1.29 is 23.8 Å². The molecule has 0 atom stereocenters. The van der Waals surface area contributed by atoms with Crippen LogP contribution in [0, 0.1) is 11.2 Å². The van der Waals surface area contributed by atoms with E-state index >= 15 is 0 Å². The average Bonchev–Trinajstić information content (AvgIpc) is 2.90. The standard InChI is InChI=1S/C30H34FN3O4/c1-21(35)34(26-8-5-23(6-9-26)29(36)37)20-30(2)12-14-33(15-13-30)18-22-4-10-27(24(16-22)19-38-3)28-11-7-25(31)17-32-28/h4-11,16-17H,12-15,18-20H2,1-3H3,(H,36,37). The summed E-state index contributed by atoms with van der Waals surface area (Å²) in [4.78, 5) is 32.1. The second-order valence-electron chi connectivity index (χ2n) is 10.3. The lowest BCUT2D eigenvalue weighted by molar-refractivity contribution is -0.117. The van der Waals surface area contributed by atoms with Crippen LogP contribution in [0.5, 0.6) is 0 Å². The highest BCUT2D eigenvalue weighted by Crippen LogP contribution is 2.34. The van der Waals surface area contributed by atoms with E-state index in [9.17, 15) is 14.0 Å². The van der Waals surface area contributed by atoms with Crippen LogP contribution in [0.3, 0.4) is 0 Å². The number of aromatic carboxylic acids is 1. The van der Waals surface area contributed by atoms with Gasteiger partial charge in [0.2, 0.25) is 5.91 Å². The molecule has 8 heteroatoms. The summed E-state index contributed by atoms with van der Waals surface area (Å²) in [6, 6.07) is 15.8. The first-order chi connectivity index (χ1) is 18.2. The summed E-state index contributed by atoms with van der Waals surface area (Å²) in [7, 11) is 1.66. The quantitative estimate of drug-likeness (QED) is 0.408. The van der Waals surface area contributed by atoms with Crippen molar-refractivity contribution in [3.05, 3.63) is 83.3 Å². The number of amides is 1. The summed E-state index contributed by atoms with van der Waals surface area (Å²) < 4.78 is 18.8. The number of anilines is 1. The lowest BCUT2D eigenvalue weighted by atomic mass is 9.79. The highest BCUT2D eigenvalue weighted by molar-refractivity contribution is 5.93. The fourth-order valence-electron chi connectivity index (χ4n) is 5.02. The second kappa shape index (κ2) is 11.8. The van der Waals surface area contributed by atoms with Gasteiger partial charge in [0.1, 0.15) is 5.82 Å². The molecule has 1 fully saturated rings. The van der Waals surface area contributed by atoms with Crippen LogP contribution in [0.1, 0.15) is 48.2 Å². The van der Waals surface area contributed by atoms with Crippen molar-refractivity contribution in [2.45, 2.75) is 39.8 Å². The predicted molar refractivity (Wildman–Crippen MR) is 144 cm³/mol. The van der Waals surface area contributed by atoms with Crippen molar-refractivity contribution in [1.29, 1.82) is 0 Å². The molecule has 1 saturated heterocycles. The molecule has 2 aromatic carbocycles. The molecule has 200 valence electrons. The first-order valence-corrected chi connectivity index (χ1v) is 12.7. The normalized spacial score (nSPS) is 15.3. The molecule has 1 N–H and O–H groups in total. The van der Waals surface area contributed by atoms with Crippen LogP contribution in [0.2, 0.25) is 0 Å². The number of methoxy groups -OCH3 is 1. The first-order valence-electron chi connectivity index (χ1n) is 12.7. The number of carbonyl (C=O) groups excluding carboxylic acids is 1. The van der Waals surface area contributed by atoms with Crippen molar-refractivity contribution in [3.63, 3.8) is 0 Å². The smallest absolute Gasteiger partial charge is 0.335 e. The molecule has 4 rings (SSSR count). The Labute approximate surface area is 222 Å². The van der Waals surface area contributed by atoms with Crippen LogP contribution in [0.15, 0.2) is 60.8 Å². The molecule has 2 heterocycles. The number of ether oxygens (including phenoxy) is 1. The molecule has 1 aliphatic rings. The van der Waals surface area contributed by atoms with Gasteiger partial charge in [0.15, 0.2) is 0 Å². The van der Waals surface area contributed by atoms with Gasteiger partial charge in [-0.1, -0.05) is 25.1 Å². The minimum Gasteiger partial charge on any atom is -0.478 e. The molecule has 1 aliphatic heterocycles. The van der Waals surface area contributed by atoms with Gasteiger partial charge in [-0.25, -0.2) is 9.18 Å². The number of nitrogens with zero attached hydrogens (tertiary/aromatic N) is 3.